The molecule has 1 atom stereocenters. The van der Waals surface area contributed by atoms with Gasteiger partial charge in [-0.1, -0.05) is 70.2 Å². The van der Waals surface area contributed by atoms with E-state index in [0.717, 1.165) is 18.9 Å². The Bertz CT molecular complexity index is 362. The van der Waals surface area contributed by atoms with E-state index >= 15 is 0 Å². The average Bonchev–Trinajstić information content (AvgIpc) is 2.52. The molecule has 1 aromatic carbocycles. The summed E-state index contributed by atoms with van der Waals surface area (Å²) in [7, 11) is 0. The molecule has 1 aromatic rings. The lowest BCUT2D eigenvalue weighted by atomic mass is 9.84. The van der Waals surface area contributed by atoms with E-state index in [-0.39, 0.29) is 0 Å². The minimum absolute atomic E-state index is 0.549. The molecule has 0 aliphatic heterocycles. The lowest BCUT2D eigenvalue weighted by Crippen LogP contribution is -2.22. The predicted molar refractivity (Wildman–Crippen MR) is 88.0 cm³/mol. The van der Waals surface area contributed by atoms with Gasteiger partial charge in [-0.15, -0.1) is 0 Å². The highest BCUT2D eigenvalue weighted by atomic mass is 14.9. The van der Waals surface area contributed by atoms with Crippen molar-refractivity contribution in [2.75, 3.05) is 6.54 Å². The zero-order chi connectivity index (χ0) is 14.2. The molecule has 1 aliphatic carbocycles. The van der Waals surface area contributed by atoms with Crippen molar-refractivity contribution < 1.29 is 0 Å². The molecular weight excluding hydrogens is 242 g/mol. The Morgan fingerprint density at radius 3 is 2.35 bits per heavy atom. The molecule has 0 amide bonds. The van der Waals surface area contributed by atoms with Crippen LogP contribution in [-0.4, -0.2) is 6.54 Å². The van der Waals surface area contributed by atoms with Crippen LogP contribution in [0.2, 0.25) is 0 Å². The minimum Gasteiger partial charge on any atom is -0.310 e. The first-order valence-corrected chi connectivity index (χ1v) is 8.65. The molecule has 2 rings (SSSR count). The van der Waals surface area contributed by atoms with Crippen molar-refractivity contribution in [2.45, 2.75) is 71.3 Å². The van der Waals surface area contributed by atoms with Gasteiger partial charge < -0.3 is 5.32 Å². The van der Waals surface area contributed by atoms with Crippen LogP contribution in [0.1, 0.15) is 76.0 Å². The summed E-state index contributed by atoms with van der Waals surface area (Å²) in [5.41, 5.74) is 2.91. The normalized spacial score (nSPS) is 18.1. The lowest BCUT2D eigenvalue weighted by Gasteiger charge is -2.25. The molecule has 1 aliphatic rings. The molecule has 0 saturated heterocycles. The van der Waals surface area contributed by atoms with E-state index in [1.54, 1.807) is 0 Å². The van der Waals surface area contributed by atoms with Crippen LogP contribution in [0.15, 0.2) is 24.3 Å². The van der Waals surface area contributed by atoms with Crippen molar-refractivity contribution >= 4 is 0 Å². The number of rotatable bonds is 7. The van der Waals surface area contributed by atoms with Crippen LogP contribution in [0.25, 0.3) is 0 Å². The Morgan fingerprint density at radius 2 is 1.75 bits per heavy atom. The first-order valence-electron chi connectivity index (χ1n) is 8.65. The quantitative estimate of drug-likeness (QED) is 0.714. The molecule has 112 valence electrons. The summed E-state index contributed by atoms with van der Waals surface area (Å²) >= 11 is 0. The van der Waals surface area contributed by atoms with E-state index in [1.165, 1.54) is 56.1 Å². The van der Waals surface area contributed by atoms with E-state index in [0.29, 0.717) is 6.04 Å². The summed E-state index contributed by atoms with van der Waals surface area (Å²) < 4.78 is 0. The molecule has 0 aromatic heterocycles. The van der Waals surface area contributed by atoms with E-state index in [2.05, 4.69) is 43.4 Å². The van der Waals surface area contributed by atoms with Crippen molar-refractivity contribution in [3.8, 4) is 0 Å². The van der Waals surface area contributed by atoms with Crippen LogP contribution in [0.3, 0.4) is 0 Å². The Labute approximate surface area is 125 Å². The first-order chi connectivity index (χ1) is 9.83. The monoisotopic (exact) mass is 273 g/mol. The molecule has 0 radical (unpaired) electrons. The van der Waals surface area contributed by atoms with Gasteiger partial charge in [0.2, 0.25) is 0 Å². The van der Waals surface area contributed by atoms with Crippen molar-refractivity contribution in [1.82, 2.24) is 5.32 Å². The second-order valence-corrected chi connectivity index (χ2v) is 6.29. The molecule has 20 heavy (non-hydrogen) atoms. The van der Waals surface area contributed by atoms with Gasteiger partial charge in [0.05, 0.1) is 0 Å². The standard InChI is InChI=1S/C19H31N/c1-3-16-10-13-18(14-11-16)19(20-4-2)15-12-17-8-6-5-7-9-17/h10-11,13-14,17,19-20H,3-9,12,15H2,1-2H3. The van der Waals surface area contributed by atoms with Gasteiger partial charge in [0.15, 0.2) is 0 Å². The molecule has 1 unspecified atom stereocenters. The molecule has 1 fully saturated rings. The van der Waals surface area contributed by atoms with Crippen molar-refractivity contribution in [2.24, 2.45) is 5.92 Å². The maximum atomic E-state index is 3.68. The van der Waals surface area contributed by atoms with Crippen LogP contribution >= 0.6 is 0 Å². The Balaban J connectivity index is 1.90. The van der Waals surface area contributed by atoms with Crippen LogP contribution in [0, 0.1) is 5.92 Å². The van der Waals surface area contributed by atoms with Gasteiger partial charge in [-0.3, -0.25) is 0 Å². The fourth-order valence-corrected chi connectivity index (χ4v) is 3.50. The first kappa shape index (κ1) is 15.6. The number of nitrogens with one attached hydrogen (secondary N) is 1. The van der Waals surface area contributed by atoms with Crippen LogP contribution in [0.5, 0.6) is 0 Å². The van der Waals surface area contributed by atoms with Crippen LogP contribution in [0.4, 0.5) is 0 Å². The van der Waals surface area contributed by atoms with Gasteiger partial charge >= 0.3 is 0 Å². The SMILES string of the molecule is CCNC(CCC1CCCCC1)c1ccc(CC)cc1. The molecular formula is C19H31N. The molecule has 0 spiro atoms. The van der Waals surface area contributed by atoms with Gasteiger partial charge in [-0.2, -0.15) is 0 Å². The van der Waals surface area contributed by atoms with Crippen LogP contribution < -0.4 is 5.32 Å². The second kappa shape index (κ2) is 8.46. The van der Waals surface area contributed by atoms with Gasteiger partial charge in [0, 0.05) is 6.04 Å². The smallest absolute Gasteiger partial charge is 0.0320 e. The molecule has 1 saturated carbocycles. The maximum Gasteiger partial charge on any atom is 0.0320 e. The van der Waals surface area contributed by atoms with E-state index in [1.807, 2.05) is 0 Å². The van der Waals surface area contributed by atoms with E-state index in [4.69, 9.17) is 0 Å². The van der Waals surface area contributed by atoms with Gasteiger partial charge in [-0.05, 0) is 42.9 Å². The van der Waals surface area contributed by atoms with Gasteiger partial charge in [0.25, 0.3) is 0 Å². The zero-order valence-corrected chi connectivity index (χ0v) is 13.3. The third-order valence-corrected chi connectivity index (χ3v) is 4.83. The molecule has 1 N–H and O–H groups in total. The highest BCUT2D eigenvalue weighted by Gasteiger charge is 2.16. The summed E-state index contributed by atoms with van der Waals surface area (Å²) in [6.45, 7) is 5.50. The molecule has 0 heterocycles. The average molecular weight is 273 g/mol. The van der Waals surface area contributed by atoms with E-state index in [9.17, 15) is 0 Å². The zero-order valence-electron chi connectivity index (χ0n) is 13.3. The van der Waals surface area contributed by atoms with Crippen LogP contribution in [-0.2, 0) is 6.42 Å². The summed E-state index contributed by atoms with van der Waals surface area (Å²) in [5.74, 6) is 0.986. The third-order valence-electron chi connectivity index (χ3n) is 4.83. The van der Waals surface area contributed by atoms with E-state index < -0.39 is 0 Å². The summed E-state index contributed by atoms with van der Waals surface area (Å²) in [6.07, 6.45) is 11.1. The molecule has 1 nitrogen and oxygen atoms in total. The number of benzene rings is 1. The van der Waals surface area contributed by atoms with Crippen molar-refractivity contribution in [3.63, 3.8) is 0 Å². The summed E-state index contributed by atoms with van der Waals surface area (Å²) in [5, 5.41) is 3.68. The largest absolute Gasteiger partial charge is 0.310 e. The third kappa shape index (κ3) is 4.63. The highest BCUT2D eigenvalue weighted by Crippen LogP contribution is 2.30. The Kier molecular flexibility index (Phi) is 6.59. The molecule has 1 heteroatoms. The Hall–Kier alpha value is -0.820. The summed E-state index contributed by atoms with van der Waals surface area (Å²) in [6, 6.07) is 9.79. The Morgan fingerprint density at radius 1 is 1.05 bits per heavy atom. The fraction of sp³-hybridized carbons (Fsp3) is 0.684. The van der Waals surface area contributed by atoms with Crippen molar-refractivity contribution in [1.29, 1.82) is 0 Å². The summed E-state index contributed by atoms with van der Waals surface area (Å²) in [4.78, 5) is 0. The minimum atomic E-state index is 0.549. The number of aryl methyl sites for hydroxylation is 1. The maximum absolute atomic E-state index is 3.68. The predicted octanol–water partition coefficient (Wildman–Crippen LogP) is 5.26. The number of hydrogen-bond acceptors (Lipinski definition) is 1. The fourth-order valence-electron chi connectivity index (χ4n) is 3.50. The number of hydrogen-bond donors (Lipinski definition) is 1. The van der Waals surface area contributed by atoms with Crippen molar-refractivity contribution in [3.05, 3.63) is 35.4 Å². The van der Waals surface area contributed by atoms with Gasteiger partial charge in [-0.25, -0.2) is 0 Å². The van der Waals surface area contributed by atoms with Gasteiger partial charge in [0.1, 0.15) is 0 Å². The molecule has 0 bridgehead atoms. The highest BCUT2D eigenvalue weighted by molar-refractivity contribution is 5.25. The lowest BCUT2D eigenvalue weighted by molar-refractivity contribution is 0.315. The second-order valence-electron chi connectivity index (χ2n) is 6.29. The topological polar surface area (TPSA) is 12.0 Å².